The molecule has 54 valence electrons. The lowest BCUT2D eigenvalue weighted by atomic mass is 10.6. The van der Waals surface area contributed by atoms with Crippen molar-refractivity contribution < 1.29 is 0 Å². The number of nitrogens with one attached hydrogen (secondary N) is 2. The highest BCUT2D eigenvalue weighted by atomic mass is 35.5. The highest BCUT2D eigenvalue weighted by molar-refractivity contribution is 6.29. The Morgan fingerprint density at radius 2 is 2.50 bits per heavy atom. The van der Waals surface area contributed by atoms with Gasteiger partial charge in [-0.2, -0.15) is 0 Å². The second kappa shape index (κ2) is 2.70. The van der Waals surface area contributed by atoms with Gasteiger partial charge in [-0.1, -0.05) is 11.6 Å². The van der Waals surface area contributed by atoms with Crippen molar-refractivity contribution in [3.63, 3.8) is 0 Å². The predicted octanol–water partition coefficient (Wildman–Crippen LogP) is 0.465. The molecule has 0 amide bonds. The Kier molecular flexibility index (Phi) is 1.91. The second-order valence-corrected chi connectivity index (χ2v) is 2.05. The third kappa shape index (κ3) is 1.48. The number of aromatic amines is 1. The van der Waals surface area contributed by atoms with Crippen LogP contribution in [0.5, 0.6) is 0 Å². The monoisotopic (exact) mass is 159 g/mol. The van der Waals surface area contributed by atoms with Crippen LogP contribution in [0.3, 0.4) is 0 Å². The maximum Gasteiger partial charge on any atom is 0.253 e. The number of H-pyrrole nitrogens is 1. The van der Waals surface area contributed by atoms with E-state index in [0.29, 0.717) is 5.95 Å². The van der Waals surface area contributed by atoms with E-state index in [1.165, 1.54) is 6.07 Å². The molecule has 2 N–H and O–H groups in total. The minimum absolute atomic E-state index is 0.188. The van der Waals surface area contributed by atoms with Crippen LogP contribution in [-0.4, -0.2) is 17.0 Å². The van der Waals surface area contributed by atoms with E-state index in [0.717, 1.165) is 0 Å². The number of anilines is 1. The van der Waals surface area contributed by atoms with Crippen LogP contribution in [0.2, 0.25) is 5.15 Å². The van der Waals surface area contributed by atoms with Gasteiger partial charge in [0.05, 0.1) is 0 Å². The Balaban J connectivity index is 3.19. The van der Waals surface area contributed by atoms with E-state index >= 15 is 0 Å². The molecular weight excluding hydrogens is 154 g/mol. The van der Waals surface area contributed by atoms with Crippen molar-refractivity contribution in [3.8, 4) is 0 Å². The molecule has 0 aliphatic carbocycles. The molecule has 0 unspecified atom stereocenters. The summed E-state index contributed by atoms with van der Waals surface area (Å²) in [4.78, 5) is 16.8. The lowest BCUT2D eigenvalue weighted by Crippen LogP contribution is -2.08. The van der Waals surface area contributed by atoms with Crippen LogP contribution in [0.15, 0.2) is 10.9 Å². The standard InChI is InChI=1S/C5H6ClN3O/c1-7-5-8-3(6)2-4(10)9-5/h2H,1H3,(H2,7,8,9,10). The highest BCUT2D eigenvalue weighted by Gasteiger charge is 1.93. The molecule has 0 saturated carbocycles. The first-order valence-corrected chi connectivity index (χ1v) is 3.05. The van der Waals surface area contributed by atoms with Crippen molar-refractivity contribution in [1.29, 1.82) is 0 Å². The molecule has 0 radical (unpaired) electrons. The summed E-state index contributed by atoms with van der Waals surface area (Å²) in [7, 11) is 1.65. The lowest BCUT2D eigenvalue weighted by molar-refractivity contribution is 1.11. The molecule has 1 aromatic rings. The normalized spacial score (nSPS) is 9.40. The fraction of sp³-hybridized carbons (Fsp3) is 0.200. The first kappa shape index (κ1) is 7.08. The van der Waals surface area contributed by atoms with Gasteiger partial charge in [-0.15, -0.1) is 0 Å². The molecule has 4 nitrogen and oxygen atoms in total. The summed E-state index contributed by atoms with van der Waals surface area (Å²) in [6, 6.07) is 1.21. The van der Waals surface area contributed by atoms with Crippen molar-refractivity contribution in [2.45, 2.75) is 0 Å². The summed E-state index contributed by atoms with van der Waals surface area (Å²) < 4.78 is 0. The van der Waals surface area contributed by atoms with Gasteiger partial charge >= 0.3 is 0 Å². The van der Waals surface area contributed by atoms with Crippen molar-refractivity contribution in [1.82, 2.24) is 9.97 Å². The van der Waals surface area contributed by atoms with E-state index in [2.05, 4.69) is 15.3 Å². The SMILES string of the molecule is CNc1nc(Cl)cc(=O)[nH]1. The van der Waals surface area contributed by atoms with E-state index in [-0.39, 0.29) is 10.7 Å². The molecule has 0 atom stereocenters. The first-order chi connectivity index (χ1) is 4.72. The summed E-state index contributed by atoms with van der Waals surface area (Å²) in [6.07, 6.45) is 0. The fourth-order valence-electron chi connectivity index (χ4n) is 0.546. The number of nitrogens with zero attached hydrogens (tertiary/aromatic N) is 1. The maximum atomic E-state index is 10.6. The molecular formula is C5H6ClN3O. The molecule has 0 bridgehead atoms. The zero-order valence-corrected chi connectivity index (χ0v) is 6.07. The Labute approximate surface area is 62.3 Å². The molecule has 10 heavy (non-hydrogen) atoms. The van der Waals surface area contributed by atoms with E-state index in [4.69, 9.17) is 11.6 Å². The zero-order valence-electron chi connectivity index (χ0n) is 5.31. The number of rotatable bonds is 1. The second-order valence-electron chi connectivity index (χ2n) is 1.67. The van der Waals surface area contributed by atoms with Crippen LogP contribution in [-0.2, 0) is 0 Å². The first-order valence-electron chi connectivity index (χ1n) is 2.67. The molecule has 1 heterocycles. The van der Waals surface area contributed by atoms with E-state index in [1.54, 1.807) is 7.05 Å². The van der Waals surface area contributed by atoms with Crippen LogP contribution < -0.4 is 10.9 Å². The molecule has 0 fully saturated rings. The van der Waals surface area contributed by atoms with Crippen molar-refractivity contribution >= 4 is 17.5 Å². The summed E-state index contributed by atoms with van der Waals surface area (Å²) in [5, 5.41) is 2.85. The molecule has 0 aliphatic rings. The minimum atomic E-state index is -0.260. The van der Waals surface area contributed by atoms with Crippen LogP contribution in [0, 0.1) is 0 Å². The molecule has 1 aromatic heterocycles. The van der Waals surface area contributed by atoms with E-state index in [9.17, 15) is 4.79 Å². The van der Waals surface area contributed by atoms with Crippen LogP contribution in [0.1, 0.15) is 0 Å². The van der Waals surface area contributed by atoms with Gasteiger partial charge in [-0.05, 0) is 0 Å². The fourth-order valence-corrected chi connectivity index (χ4v) is 0.730. The van der Waals surface area contributed by atoms with Crippen LogP contribution in [0.4, 0.5) is 5.95 Å². The summed E-state index contributed by atoms with van der Waals surface area (Å²) >= 11 is 5.46. The summed E-state index contributed by atoms with van der Waals surface area (Å²) in [5.74, 6) is 0.373. The molecule has 0 saturated heterocycles. The van der Waals surface area contributed by atoms with Gasteiger partial charge in [0.15, 0.2) is 0 Å². The highest BCUT2D eigenvalue weighted by Crippen LogP contribution is 2.00. The Morgan fingerprint density at radius 1 is 1.80 bits per heavy atom. The minimum Gasteiger partial charge on any atom is -0.359 e. The molecule has 5 heteroatoms. The zero-order chi connectivity index (χ0) is 7.56. The van der Waals surface area contributed by atoms with Crippen molar-refractivity contribution in [3.05, 3.63) is 21.6 Å². The van der Waals surface area contributed by atoms with E-state index in [1.807, 2.05) is 0 Å². The van der Waals surface area contributed by atoms with Gasteiger partial charge in [-0.25, -0.2) is 4.98 Å². The topological polar surface area (TPSA) is 57.8 Å². The Morgan fingerprint density at radius 3 is 3.00 bits per heavy atom. The summed E-state index contributed by atoms with van der Waals surface area (Å²) in [5.41, 5.74) is -0.260. The van der Waals surface area contributed by atoms with E-state index < -0.39 is 0 Å². The van der Waals surface area contributed by atoms with Gasteiger partial charge in [0.25, 0.3) is 5.56 Å². The lowest BCUT2D eigenvalue weighted by Gasteiger charge is -1.95. The van der Waals surface area contributed by atoms with Gasteiger partial charge < -0.3 is 5.32 Å². The Hall–Kier alpha value is -1.03. The van der Waals surface area contributed by atoms with Gasteiger partial charge in [0.2, 0.25) is 5.95 Å². The number of halogens is 1. The molecule has 0 aliphatic heterocycles. The predicted molar refractivity (Wildman–Crippen MR) is 39.4 cm³/mol. The Bertz CT molecular complexity index is 282. The van der Waals surface area contributed by atoms with Crippen molar-refractivity contribution in [2.75, 3.05) is 12.4 Å². The molecule has 1 rings (SSSR count). The van der Waals surface area contributed by atoms with Crippen LogP contribution >= 0.6 is 11.6 Å². The van der Waals surface area contributed by atoms with Crippen molar-refractivity contribution in [2.24, 2.45) is 0 Å². The molecule has 0 spiro atoms. The number of aromatic nitrogens is 2. The quantitative estimate of drug-likeness (QED) is 0.586. The smallest absolute Gasteiger partial charge is 0.253 e. The number of hydrogen-bond acceptors (Lipinski definition) is 3. The maximum absolute atomic E-state index is 10.6. The average Bonchev–Trinajstić information content (AvgIpc) is 1.85. The average molecular weight is 160 g/mol. The van der Waals surface area contributed by atoms with Crippen LogP contribution in [0.25, 0.3) is 0 Å². The third-order valence-electron chi connectivity index (χ3n) is 0.947. The van der Waals surface area contributed by atoms with Gasteiger partial charge in [0.1, 0.15) is 5.15 Å². The third-order valence-corrected chi connectivity index (χ3v) is 1.14. The molecule has 0 aromatic carbocycles. The largest absolute Gasteiger partial charge is 0.359 e. The van der Waals surface area contributed by atoms with Gasteiger partial charge in [-0.3, -0.25) is 9.78 Å². The number of hydrogen-bond donors (Lipinski definition) is 2. The summed E-state index contributed by atoms with van der Waals surface area (Å²) in [6.45, 7) is 0. The van der Waals surface area contributed by atoms with Gasteiger partial charge in [0, 0.05) is 13.1 Å².